The second kappa shape index (κ2) is 6.17. The van der Waals surface area contributed by atoms with Gasteiger partial charge in [0, 0.05) is 10.8 Å². The number of alkyl halides is 4. The highest BCUT2D eigenvalue weighted by molar-refractivity contribution is 8.00. The van der Waals surface area contributed by atoms with Gasteiger partial charge in [-0.3, -0.25) is 0 Å². The van der Waals surface area contributed by atoms with Gasteiger partial charge in [0.05, 0.1) is 18.2 Å². The van der Waals surface area contributed by atoms with Crippen LogP contribution in [0.3, 0.4) is 0 Å². The molecule has 8 heteroatoms. The summed E-state index contributed by atoms with van der Waals surface area (Å²) in [6.45, 7) is 0. The van der Waals surface area contributed by atoms with Gasteiger partial charge in [0.15, 0.2) is 0 Å². The van der Waals surface area contributed by atoms with E-state index in [1.54, 1.807) is 6.07 Å². The highest BCUT2D eigenvalue weighted by atomic mass is 35.5. The van der Waals surface area contributed by atoms with E-state index in [0.29, 0.717) is 5.56 Å². The van der Waals surface area contributed by atoms with Gasteiger partial charge < -0.3 is 4.74 Å². The minimum Gasteiger partial charge on any atom is -0.465 e. The number of benzene rings is 1. The van der Waals surface area contributed by atoms with E-state index in [9.17, 15) is 18.0 Å². The summed E-state index contributed by atoms with van der Waals surface area (Å²) in [7, 11) is 1.05. The third-order valence-electron chi connectivity index (χ3n) is 2.05. The average Bonchev–Trinajstić information content (AvgIpc) is 2.36. The highest BCUT2D eigenvalue weighted by Crippen LogP contribution is 2.41. The molecule has 1 rings (SSSR count). The maximum atomic E-state index is 12.5. The van der Waals surface area contributed by atoms with Gasteiger partial charge in [-0.15, -0.1) is 11.6 Å². The number of nitrogens with zero attached hydrogens (tertiary/aromatic N) is 1. The van der Waals surface area contributed by atoms with Crippen LogP contribution in [0.15, 0.2) is 17.0 Å². The van der Waals surface area contributed by atoms with Crippen LogP contribution in [0.25, 0.3) is 0 Å². The first-order valence-corrected chi connectivity index (χ1v) is 6.14. The minimum atomic E-state index is -4.61. The van der Waals surface area contributed by atoms with Crippen molar-refractivity contribution in [2.24, 2.45) is 0 Å². The second-order valence-corrected chi connectivity index (χ2v) is 4.65. The third kappa shape index (κ3) is 4.04. The molecule has 0 aliphatic rings. The van der Waals surface area contributed by atoms with Crippen molar-refractivity contribution in [2.75, 3.05) is 7.11 Å². The number of hydrogen-bond acceptors (Lipinski definition) is 4. The van der Waals surface area contributed by atoms with E-state index in [-0.39, 0.29) is 17.0 Å². The summed E-state index contributed by atoms with van der Waals surface area (Å²) < 4.78 is 41.8. The van der Waals surface area contributed by atoms with Gasteiger partial charge in [0.1, 0.15) is 6.07 Å². The summed E-state index contributed by atoms with van der Waals surface area (Å²) >= 11 is 5.05. The lowest BCUT2D eigenvalue weighted by atomic mass is 10.1. The van der Waals surface area contributed by atoms with Crippen molar-refractivity contribution >= 4 is 29.3 Å². The van der Waals surface area contributed by atoms with Gasteiger partial charge in [-0.1, -0.05) is 0 Å². The number of carbonyl (C=O) groups is 1. The lowest BCUT2D eigenvalue weighted by molar-refractivity contribution is -0.0328. The summed E-state index contributed by atoms with van der Waals surface area (Å²) in [5.41, 5.74) is -4.83. The molecule has 0 atom stereocenters. The maximum Gasteiger partial charge on any atom is 0.446 e. The summed E-state index contributed by atoms with van der Waals surface area (Å²) in [5, 5.41) is 8.89. The fourth-order valence-electron chi connectivity index (χ4n) is 1.34. The Bertz CT molecular complexity index is 540. The van der Waals surface area contributed by atoms with Crippen LogP contribution in [0, 0.1) is 11.3 Å². The van der Waals surface area contributed by atoms with Crippen molar-refractivity contribution in [3.8, 4) is 6.07 Å². The van der Waals surface area contributed by atoms with Crippen molar-refractivity contribution in [3.05, 3.63) is 28.8 Å². The van der Waals surface area contributed by atoms with E-state index < -0.39 is 28.1 Å². The molecule has 0 fully saturated rings. The quantitative estimate of drug-likeness (QED) is 0.485. The van der Waals surface area contributed by atoms with Gasteiger partial charge >= 0.3 is 11.5 Å². The second-order valence-electron chi connectivity index (χ2n) is 3.30. The molecule has 0 aliphatic carbocycles. The topological polar surface area (TPSA) is 50.1 Å². The molecule has 0 aromatic heterocycles. The Labute approximate surface area is 116 Å². The van der Waals surface area contributed by atoms with E-state index in [0.717, 1.165) is 7.11 Å². The Morgan fingerprint density at radius 1 is 1.53 bits per heavy atom. The van der Waals surface area contributed by atoms with E-state index in [2.05, 4.69) is 4.74 Å². The Morgan fingerprint density at radius 3 is 2.58 bits per heavy atom. The smallest absolute Gasteiger partial charge is 0.446 e. The molecular weight excluding hydrogens is 303 g/mol. The lowest BCUT2D eigenvalue weighted by Gasteiger charge is -2.12. The Hall–Kier alpha value is -1.39. The number of esters is 1. The molecule has 0 spiro atoms. The van der Waals surface area contributed by atoms with Crippen LogP contribution >= 0.6 is 23.4 Å². The van der Waals surface area contributed by atoms with Crippen molar-refractivity contribution in [3.63, 3.8) is 0 Å². The molecule has 0 saturated heterocycles. The third-order valence-corrected chi connectivity index (χ3v) is 3.23. The van der Waals surface area contributed by atoms with Crippen LogP contribution in [-0.4, -0.2) is 18.6 Å². The summed E-state index contributed by atoms with van der Waals surface area (Å²) in [6.07, 6.45) is 0. The largest absolute Gasteiger partial charge is 0.465 e. The predicted octanol–water partition coefficient (Wildman–Crippen LogP) is 3.70. The van der Waals surface area contributed by atoms with E-state index >= 15 is 0 Å². The first-order valence-electron chi connectivity index (χ1n) is 4.79. The Balaban J connectivity index is 3.47. The van der Waals surface area contributed by atoms with Crippen molar-refractivity contribution in [1.82, 2.24) is 0 Å². The molecule has 0 saturated carbocycles. The summed E-state index contributed by atoms with van der Waals surface area (Å²) in [5.74, 6) is -0.981. The molecular formula is C11H7ClF3NO2S. The van der Waals surface area contributed by atoms with Crippen molar-refractivity contribution in [1.29, 1.82) is 5.26 Å². The Kier molecular flexibility index (Phi) is 5.09. The SMILES string of the molecule is COC(=O)c1cc(CCl)cc(C#N)c1SC(F)(F)F. The van der Waals surface area contributed by atoms with E-state index in [1.165, 1.54) is 12.1 Å². The van der Waals surface area contributed by atoms with Gasteiger partial charge in [0.25, 0.3) is 0 Å². The van der Waals surface area contributed by atoms with Gasteiger partial charge in [0.2, 0.25) is 0 Å². The number of halogens is 4. The number of rotatable bonds is 3. The fourth-order valence-corrected chi connectivity index (χ4v) is 2.19. The molecule has 19 heavy (non-hydrogen) atoms. The molecule has 1 aromatic rings. The van der Waals surface area contributed by atoms with E-state index in [1.807, 2.05) is 0 Å². The van der Waals surface area contributed by atoms with Gasteiger partial charge in [-0.25, -0.2) is 4.79 Å². The molecule has 3 nitrogen and oxygen atoms in total. The molecule has 0 N–H and O–H groups in total. The molecule has 0 amide bonds. The number of methoxy groups -OCH3 is 1. The maximum absolute atomic E-state index is 12.5. The molecule has 0 radical (unpaired) electrons. The molecule has 0 aliphatic heterocycles. The monoisotopic (exact) mass is 309 g/mol. The Morgan fingerprint density at radius 2 is 2.16 bits per heavy atom. The van der Waals surface area contributed by atoms with E-state index in [4.69, 9.17) is 16.9 Å². The fraction of sp³-hybridized carbons (Fsp3) is 0.273. The highest BCUT2D eigenvalue weighted by Gasteiger charge is 2.33. The number of nitriles is 1. The zero-order chi connectivity index (χ0) is 14.6. The van der Waals surface area contributed by atoms with Crippen molar-refractivity contribution in [2.45, 2.75) is 16.3 Å². The van der Waals surface area contributed by atoms with Crippen LogP contribution in [0.1, 0.15) is 21.5 Å². The van der Waals surface area contributed by atoms with Crippen LogP contribution in [0.2, 0.25) is 0 Å². The summed E-state index contributed by atoms with van der Waals surface area (Å²) in [4.78, 5) is 11.0. The van der Waals surface area contributed by atoms with Crippen LogP contribution in [0.5, 0.6) is 0 Å². The van der Waals surface area contributed by atoms with Gasteiger partial charge in [-0.2, -0.15) is 18.4 Å². The average molecular weight is 310 g/mol. The van der Waals surface area contributed by atoms with Crippen LogP contribution in [-0.2, 0) is 10.6 Å². The molecule has 0 heterocycles. The molecule has 102 valence electrons. The van der Waals surface area contributed by atoms with Crippen LogP contribution in [0.4, 0.5) is 13.2 Å². The number of thioether (sulfide) groups is 1. The normalized spacial score (nSPS) is 10.9. The predicted molar refractivity (Wildman–Crippen MR) is 64.0 cm³/mol. The summed E-state index contributed by atoms with van der Waals surface area (Å²) in [6, 6.07) is 4.03. The molecule has 1 aromatic carbocycles. The molecule has 0 bridgehead atoms. The minimum absolute atomic E-state index is 0.0321. The first-order chi connectivity index (χ1) is 8.82. The first kappa shape index (κ1) is 15.7. The standard InChI is InChI=1S/C11H7ClF3NO2S/c1-18-10(17)8-3-6(4-12)2-7(5-16)9(8)19-11(13,14)15/h2-3H,4H2,1H3. The molecule has 0 unspecified atom stereocenters. The lowest BCUT2D eigenvalue weighted by Crippen LogP contribution is -2.09. The van der Waals surface area contributed by atoms with Crippen molar-refractivity contribution < 1.29 is 22.7 Å². The zero-order valence-electron chi connectivity index (χ0n) is 9.55. The number of carbonyl (C=O) groups excluding carboxylic acids is 1. The zero-order valence-corrected chi connectivity index (χ0v) is 11.1. The number of hydrogen-bond donors (Lipinski definition) is 0. The van der Waals surface area contributed by atoms with Crippen LogP contribution < -0.4 is 0 Å². The van der Waals surface area contributed by atoms with Gasteiger partial charge in [-0.05, 0) is 29.5 Å². The number of ether oxygens (including phenoxy) is 1.